The van der Waals surface area contributed by atoms with Crippen molar-refractivity contribution in [3.63, 3.8) is 0 Å². The third-order valence-corrected chi connectivity index (χ3v) is 3.67. The Balaban J connectivity index is 1.81. The summed E-state index contributed by atoms with van der Waals surface area (Å²) in [5, 5.41) is 17.3. The Morgan fingerprint density at radius 3 is 3.06 bits per heavy atom. The molecule has 1 saturated carbocycles. The summed E-state index contributed by atoms with van der Waals surface area (Å²) in [6.45, 7) is 0.848. The van der Waals surface area contributed by atoms with Crippen molar-refractivity contribution in [2.45, 2.75) is 19.3 Å². The molecule has 0 radical (unpaired) electrons. The van der Waals surface area contributed by atoms with Crippen LogP contribution in [0.5, 0.6) is 0 Å². The highest BCUT2D eigenvalue weighted by atomic mass is 32.1. The number of nitrogens with zero attached hydrogens (tertiary/aromatic N) is 2. The van der Waals surface area contributed by atoms with Crippen molar-refractivity contribution in [1.29, 1.82) is 0 Å². The molecule has 1 heterocycles. The molecule has 2 N–H and O–H groups in total. The van der Waals surface area contributed by atoms with Gasteiger partial charge in [0.05, 0.1) is 0 Å². The van der Waals surface area contributed by atoms with Gasteiger partial charge in [0.2, 0.25) is 0 Å². The number of amides is 1. The molecule has 88 valence electrons. The van der Waals surface area contributed by atoms with E-state index in [2.05, 4.69) is 14.9 Å². The summed E-state index contributed by atoms with van der Waals surface area (Å²) in [4.78, 5) is 11.6. The van der Waals surface area contributed by atoms with Crippen LogP contribution >= 0.6 is 11.5 Å². The first-order chi connectivity index (χ1) is 7.81. The lowest BCUT2D eigenvalue weighted by Crippen LogP contribution is -2.31. The van der Waals surface area contributed by atoms with Gasteiger partial charge >= 0.3 is 0 Å². The number of hydrogen-bond donors (Lipinski definition) is 2. The van der Waals surface area contributed by atoms with E-state index >= 15 is 0 Å². The van der Waals surface area contributed by atoms with Crippen molar-refractivity contribution in [2.75, 3.05) is 13.2 Å². The largest absolute Gasteiger partial charge is 0.396 e. The molecule has 0 bridgehead atoms. The number of aliphatic hydroxyl groups is 1. The van der Waals surface area contributed by atoms with Gasteiger partial charge in [0.25, 0.3) is 5.91 Å². The van der Waals surface area contributed by atoms with E-state index in [4.69, 9.17) is 5.11 Å². The second-order valence-corrected chi connectivity index (χ2v) is 4.74. The van der Waals surface area contributed by atoms with Gasteiger partial charge in [0.1, 0.15) is 0 Å². The highest BCUT2D eigenvalue weighted by molar-refractivity contribution is 7.03. The predicted octanol–water partition coefficient (Wildman–Crippen LogP) is 0.676. The summed E-state index contributed by atoms with van der Waals surface area (Å²) in [5.41, 5.74) is 0.378. The van der Waals surface area contributed by atoms with Gasteiger partial charge in [0.15, 0.2) is 5.69 Å². The smallest absolute Gasteiger partial charge is 0.272 e. The minimum absolute atomic E-state index is 0.169. The third-order valence-electron chi connectivity index (χ3n) is 3.17. The summed E-state index contributed by atoms with van der Waals surface area (Å²) in [7, 11) is 0. The molecule has 0 aromatic carbocycles. The van der Waals surface area contributed by atoms with Crippen molar-refractivity contribution in [2.24, 2.45) is 11.8 Å². The van der Waals surface area contributed by atoms with Crippen LogP contribution < -0.4 is 5.32 Å². The molecule has 0 spiro atoms. The van der Waals surface area contributed by atoms with Crippen LogP contribution in [0.3, 0.4) is 0 Å². The van der Waals surface area contributed by atoms with E-state index in [1.54, 1.807) is 5.38 Å². The van der Waals surface area contributed by atoms with Crippen molar-refractivity contribution < 1.29 is 9.90 Å². The SMILES string of the molecule is O=C(NCC1CCCC1CO)c1csnn1. The molecule has 1 aromatic heterocycles. The summed E-state index contributed by atoms with van der Waals surface area (Å²) in [6.07, 6.45) is 3.29. The Morgan fingerprint density at radius 1 is 1.56 bits per heavy atom. The molecular weight excluding hydrogens is 226 g/mol. The average molecular weight is 241 g/mol. The van der Waals surface area contributed by atoms with Crippen LogP contribution in [0.15, 0.2) is 5.38 Å². The molecule has 2 atom stereocenters. The summed E-state index contributed by atoms with van der Waals surface area (Å²) in [6, 6.07) is 0. The number of aromatic nitrogens is 2. The van der Waals surface area contributed by atoms with Crippen LogP contribution in [0.2, 0.25) is 0 Å². The van der Waals surface area contributed by atoms with Gasteiger partial charge in [0, 0.05) is 18.5 Å². The molecule has 1 amide bonds. The lowest BCUT2D eigenvalue weighted by molar-refractivity contribution is 0.0933. The number of nitrogens with one attached hydrogen (secondary N) is 1. The molecule has 0 aliphatic heterocycles. The van der Waals surface area contributed by atoms with Crippen molar-refractivity contribution in [3.05, 3.63) is 11.1 Å². The standard InChI is InChI=1S/C10H15N3O2S/c14-5-8-3-1-2-7(8)4-11-10(15)9-6-16-13-12-9/h6-8,14H,1-5H2,(H,11,15). The van der Waals surface area contributed by atoms with E-state index in [0.717, 1.165) is 19.3 Å². The number of hydrogen-bond acceptors (Lipinski definition) is 5. The number of rotatable bonds is 4. The Bertz CT molecular complexity index is 342. The molecule has 2 unspecified atom stereocenters. The minimum atomic E-state index is -0.169. The fraction of sp³-hybridized carbons (Fsp3) is 0.700. The van der Waals surface area contributed by atoms with Crippen LogP contribution in [-0.2, 0) is 0 Å². The van der Waals surface area contributed by atoms with Gasteiger partial charge in [-0.1, -0.05) is 10.9 Å². The van der Waals surface area contributed by atoms with Crippen LogP contribution in [0, 0.1) is 11.8 Å². The van der Waals surface area contributed by atoms with Crippen molar-refractivity contribution in [1.82, 2.24) is 14.9 Å². The highest BCUT2D eigenvalue weighted by Gasteiger charge is 2.26. The zero-order chi connectivity index (χ0) is 11.4. The second kappa shape index (κ2) is 5.36. The molecule has 2 rings (SSSR count). The number of aliphatic hydroxyl groups excluding tert-OH is 1. The lowest BCUT2D eigenvalue weighted by Gasteiger charge is -2.17. The maximum absolute atomic E-state index is 11.6. The van der Waals surface area contributed by atoms with Gasteiger partial charge in [-0.15, -0.1) is 5.10 Å². The van der Waals surface area contributed by atoms with Crippen molar-refractivity contribution in [3.8, 4) is 0 Å². The van der Waals surface area contributed by atoms with E-state index in [1.807, 2.05) is 0 Å². The van der Waals surface area contributed by atoms with E-state index < -0.39 is 0 Å². The van der Waals surface area contributed by atoms with E-state index in [1.165, 1.54) is 11.5 Å². The predicted molar refractivity (Wildman–Crippen MR) is 60.2 cm³/mol. The van der Waals surface area contributed by atoms with Crippen molar-refractivity contribution >= 4 is 17.4 Å². The monoisotopic (exact) mass is 241 g/mol. The third kappa shape index (κ3) is 2.56. The number of carbonyl (C=O) groups is 1. The molecule has 5 nitrogen and oxygen atoms in total. The first-order valence-electron chi connectivity index (χ1n) is 5.47. The van der Waals surface area contributed by atoms with Gasteiger partial charge in [-0.05, 0) is 36.2 Å². The maximum atomic E-state index is 11.6. The molecular formula is C10H15N3O2S. The quantitative estimate of drug-likeness (QED) is 0.812. The Kier molecular flexibility index (Phi) is 3.84. The van der Waals surface area contributed by atoms with Crippen LogP contribution in [0.1, 0.15) is 29.8 Å². The highest BCUT2D eigenvalue weighted by Crippen LogP contribution is 2.30. The Morgan fingerprint density at radius 2 is 2.38 bits per heavy atom. The van der Waals surface area contributed by atoms with Gasteiger partial charge in [-0.2, -0.15) is 0 Å². The molecule has 1 aliphatic rings. The normalized spacial score (nSPS) is 24.6. The average Bonchev–Trinajstić information content (AvgIpc) is 2.96. The van der Waals surface area contributed by atoms with Gasteiger partial charge < -0.3 is 10.4 Å². The molecule has 1 fully saturated rings. The fourth-order valence-electron chi connectivity index (χ4n) is 2.20. The number of carbonyl (C=O) groups excluding carboxylic acids is 1. The molecule has 6 heteroatoms. The summed E-state index contributed by atoms with van der Waals surface area (Å²) < 4.78 is 3.64. The fourth-order valence-corrected chi connectivity index (χ4v) is 2.64. The molecule has 1 aliphatic carbocycles. The van der Waals surface area contributed by atoms with Crippen LogP contribution in [0.25, 0.3) is 0 Å². The lowest BCUT2D eigenvalue weighted by atomic mass is 9.97. The second-order valence-electron chi connectivity index (χ2n) is 4.13. The maximum Gasteiger partial charge on any atom is 0.272 e. The van der Waals surface area contributed by atoms with E-state index in [-0.39, 0.29) is 12.5 Å². The van der Waals surface area contributed by atoms with Crippen LogP contribution in [-0.4, -0.2) is 33.8 Å². The van der Waals surface area contributed by atoms with E-state index in [0.29, 0.717) is 24.1 Å². The van der Waals surface area contributed by atoms with Gasteiger partial charge in [-0.25, -0.2) is 0 Å². The first-order valence-corrected chi connectivity index (χ1v) is 6.31. The zero-order valence-electron chi connectivity index (χ0n) is 8.93. The first kappa shape index (κ1) is 11.5. The van der Waals surface area contributed by atoms with E-state index in [9.17, 15) is 4.79 Å². The minimum Gasteiger partial charge on any atom is -0.396 e. The summed E-state index contributed by atoms with van der Waals surface area (Å²) >= 11 is 1.17. The topological polar surface area (TPSA) is 75.1 Å². The molecule has 1 aromatic rings. The Hall–Kier alpha value is -1.01. The van der Waals surface area contributed by atoms with Gasteiger partial charge in [-0.3, -0.25) is 4.79 Å². The molecule has 16 heavy (non-hydrogen) atoms. The zero-order valence-corrected chi connectivity index (χ0v) is 9.74. The van der Waals surface area contributed by atoms with Crippen LogP contribution in [0.4, 0.5) is 0 Å². The molecule has 0 saturated heterocycles. The summed E-state index contributed by atoms with van der Waals surface area (Å²) in [5.74, 6) is 0.576. The Labute approximate surface area is 98.0 Å².